The summed E-state index contributed by atoms with van der Waals surface area (Å²) in [7, 11) is 1.90. The van der Waals surface area contributed by atoms with E-state index in [2.05, 4.69) is 10.3 Å². The number of nitrogens with one attached hydrogen (secondary N) is 1. The summed E-state index contributed by atoms with van der Waals surface area (Å²) in [6, 6.07) is 9.76. The molecule has 1 heterocycles. The number of halogens is 1. The zero-order chi connectivity index (χ0) is 13.5. The molecule has 1 N–H and O–H groups in total. The molecule has 0 bridgehead atoms. The van der Waals surface area contributed by atoms with Crippen molar-refractivity contribution in [3.63, 3.8) is 0 Å². The molecule has 0 amide bonds. The van der Waals surface area contributed by atoms with E-state index in [9.17, 15) is 0 Å². The van der Waals surface area contributed by atoms with Gasteiger partial charge in [0.25, 0.3) is 0 Å². The molecule has 2 rings (SSSR count). The predicted octanol–water partition coefficient (Wildman–Crippen LogP) is 3.08. The fraction of sp³-hybridized carbons (Fsp3) is 0.267. The molecule has 100 valence electrons. The van der Waals surface area contributed by atoms with Gasteiger partial charge in [0.05, 0.1) is 11.6 Å². The Morgan fingerprint density at radius 2 is 2.16 bits per heavy atom. The first kappa shape index (κ1) is 13.8. The van der Waals surface area contributed by atoms with Crippen LogP contribution in [0.1, 0.15) is 11.1 Å². The number of ether oxygens (including phenoxy) is 1. The van der Waals surface area contributed by atoms with Crippen LogP contribution in [0.5, 0.6) is 5.75 Å². The highest BCUT2D eigenvalue weighted by atomic mass is 35.5. The maximum absolute atomic E-state index is 6.18. The maximum atomic E-state index is 6.18. The summed E-state index contributed by atoms with van der Waals surface area (Å²) in [5.41, 5.74) is 2.23. The second-order valence-corrected chi connectivity index (χ2v) is 4.63. The van der Waals surface area contributed by atoms with E-state index in [4.69, 9.17) is 16.3 Å². The lowest BCUT2D eigenvalue weighted by atomic mass is 10.2. The number of nitrogens with zero attached hydrogens (tertiary/aromatic N) is 1. The van der Waals surface area contributed by atoms with Crippen molar-refractivity contribution >= 4 is 11.6 Å². The Morgan fingerprint density at radius 1 is 1.26 bits per heavy atom. The van der Waals surface area contributed by atoms with E-state index in [-0.39, 0.29) is 0 Å². The van der Waals surface area contributed by atoms with Crippen LogP contribution in [0.15, 0.2) is 42.7 Å². The van der Waals surface area contributed by atoms with Crippen molar-refractivity contribution in [2.75, 3.05) is 13.7 Å². The van der Waals surface area contributed by atoms with Crippen LogP contribution in [-0.2, 0) is 13.0 Å². The minimum absolute atomic E-state index is 0.589. The van der Waals surface area contributed by atoms with Crippen molar-refractivity contribution in [3.8, 4) is 5.75 Å². The van der Waals surface area contributed by atoms with E-state index >= 15 is 0 Å². The molecule has 2 aromatic rings. The van der Waals surface area contributed by atoms with Crippen LogP contribution in [0.25, 0.3) is 0 Å². The minimum Gasteiger partial charge on any atom is -0.491 e. The molecule has 3 nitrogen and oxygen atoms in total. The molecule has 0 fully saturated rings. The van der Waals surface area contributed by atoms with Gasteiger partial charge in [-0.2, -0.15) is 0 Å². The SMILES string of the molecule is CNCc1cccc(Cl)c1OCCc1cccnc1. The first-order chi connectivity index (χ1) is 9.31. The second-order valence-electron chi connectivity index (χ2n) is 4.22. The van der Waals surface area contributed by atoms with Gasteiger partial charge >= 0.3 is 0 Å². The third-order valence-electron chi connectivity index (χ3n) is 2.78. The van der Waals surface area contributed by atoms with E-state index in [0.29, 0.717) is 11.6 Å². The largest absolute Gasteiger partial charge is 0.491 e. The fourth-order valence-electron chi connectivity index (χ4n) is 1.86. The fourth-order valence-corrected chi connectivity index (χ4v) is 2.11. The summed E-state index contributed by atoms with van der Waals surface area (Å²) in [5.74, 6) is 0.766. The number of hydrogen-bond donors (Lipinski definition) is 1. The van der Waals surface area contributed by atoms with Gasteiger partial charge in [-0.25, -0.2) is 0 Å². The molecule has 0 aliphatic heterocycles. The van der Waals surface area contributed by atoms with Crippen LogP contribution in [0.2, 0.25) is 5.02 Å². The van der Waals surface area contributed by atoms with Crippen LogP contribution < -0.4 is 10.1 Å². The van der Waals surface area contributed by atoms with Gasteiger partial charge in [0.15, 0.2) is 0 Å². The van der Waals surface area contributed by atoms with Gasteiger partial charge in [-0.05, 0) is 24.7 Å². The van der Waals surface area contributed by atoms with E-state index in [1.807, 2.05) is 43.6 Å². The van der Waals surface area contributed by atoms with Crippen LogP contribution >= 0.6 is 11.6 Å². The van der Waals surface area contributed by atoms with Crippen molar-refractivity contribution in [2.45, 2.75) is 13.0 Å². The zero-order valence-corrected chi connectivity index (χ0v) is 11.7. The van der Waals surface area contributed by atoms with Crippen LogP contribution in [0.4, 0.5) is 0 Å². The molecule has 4 heteroatoms. The molecule has 1 aromatic heterocycles. The Bertz CT molecular complexity index is 517. The highest BCUT2D eigenvalue weighted by Gasteiger charge is 2.07. The molecule has 19 heavy (non-hydrogen) atoms. The Balaban J connectivity index is 1.99. The van der Waals surface area contributed by atoms with E-state index in [0.717, 1.165) is 29.8 Å². The molecular formula is C15H17ClN2O. The summed E-state index contributed by atoms with van der Waals surface area (Å²) in [6.07, 6.45) is 4.44. The number of para-hydroxylation sites is 1. The average Bonchev–Trinajstić information content (AvgIpc) is 2.43. The summed E-state index contributed by atoms with van der Waals surface area (Å²) in [5, 5.41) is 3.76. The van der Waals surface area contributed by atoms with Gasteiger partial charge in [0.2, 0.25) is 0 Å². The molecule has 0 aliphatic carbocycles. The predicted molar refractivity (Wildman–Crippen MR) is 77.7 cm³/mol. The average molecular weight is 277 g/mol. The topological polar surface area (TPSA) is 34.1 Å². The van der Waals surface area contributed by atoms with Gasteiger partial charge in [0, 0.05) is 30.9 Å². The molecule has 0 spiro atoms. The number of benzene rings is 1. The zero-order valence-electron chi connectivity index (χ0n) is 10.9. The van der Waals surface area contributed by atoms with Gasteiger partial charge in [-0.15, -0.1) is 0 Å². The highest BCUT2D eigenvalue weighted by molar-refractivity contribution is 6.32. The number of aromatic nitrogens is 1. The Labute approximate surface area is 118 Å². The smallest absolute Gasteiger partial charge is 0.142 e. The third kappa shape index (κ3) is 3.94. The molecule has 0 radical (unpaired) electrons. The minimum atomic E-state index is 0.589. The Hall–Kier alpha value is -1.58. The van der Waals surface area contributed by atoms with E-state index in [1.165, 1.54) is 0 Å². The normalized spacial score (nSPS) is 10.4. The summed E-state index contributed by atoms with van der Waals surface area (Å²) in [6.45, 7) is 1.33. The molecule has 0 saturated heterocycles. The first-order valence-corrected chi connectivity index (χ1v) is 6.62. The van der Waals surface area contributed by atoms with E-state index < -0.39 is 0 Å². The monoisotopic (exact) mass is 276 g/mol. The lowest BCUT2D eigenvalue weighted by Gasteiger charge is -2.13. The molecule has 0 aliphatic rings. The Kier molecular flexibility index (Phi) is 5.19. The van der Waals surface area contributed by atoms with Crippen molar-refractivity contribution < 1.29 is 4.74 Å². The summed E-state index contributed by atoms with van der Waals surface area (Å²) < 4.78 is 5.82. The maximum Gasteiger partial charge on any atom is 0.142 e. The molecule has 0 unspecified atom stereocenters. The quantitative estimate of drug-likeness (QED) is 0.880. The standard InChI is InChI=1S/C15H17ClN2O/c1-17-11-13-5-2-6-14(16)15(13)19-9-7-12-4-3-8-18-10-12/h2-6,8,10,17H,7,9,11H2,1H3. The lowest BCUT2D eigenvalue weighted by molar-refractivity contribution is 0.318. The van der Waals surface area contributed by atoms with Crippen LogP contribution in [0, 0.1) is 0 Å². The van der Waals surface area contributed by atoms with Crippen LogP contribution in [-0.4, -0.2) is 18.6 Å². The lowest BCUT2D eigenvalue weighted by Crippen LogP contribution is -2.09. The number of hydrogen-bond acceptors (Lipinski definition) is 3. The Morgan fingerprint density at radius 3 is 2.89 bits per heavy atom. The van der Waals surface area contributed by atoms with Crippen molar-refractivity contribution in [1.29, 1.82) is 0 Å². The summed E-state index contributed by atoms with van der Waals surface area (Å²) in [4.78, 5) is 4.08. The van der Waals surface area contributed by atoms with Crippen LogP contribution in [0.3, 0.4) is 0 Å². The van der Waals surface area contributed by atoms with Gasteiger partial charge in [0.1, 0.15) is 5.75 Å². The van der Waals surface area contributed by atoms with Crippen molar-refractivity contribution in [2.24, 2.45) is 0 Å². The molecule has 1 aromatic carbocycles. The van der Waals surface area contributed by atoms with E-state index in [1.54, 1.807) is 6.20 Å². The highest BCUT2D eigenvalue weighted by Crippen LogP contribution is 2.28. The van der Waals surface area contributed by atoms with Crippen molar-refractivity contribution in [3.05, 3.63) is 58.9 Å². The number of rotatable bonds is 6. The number of pyridine rings is 1. The summed E-state index contributed by atoms with van der Waals surface area (Å²) >= 11 is 6.18. The second kappa shape index (κ2) is 7.12. The van der Waals surface area contributed by atoms with Gasteiger partial charge in [-0.1, -0.05) is 29.8 Å². The molecule has 0 saturated carbocycles. The first-order valence-electron chi connectivity index (χ1n) is 6.25. The molecular weight excluding hydrogens is 260 g/mol. The van der Waals surface area contributed by atoms with Crippen molar-refractivity contribution in [1.82, 2.24) is 10.3 Å². The third-order valence-corrected chi connectivity index (χ3v) is 3.07. The van der Waals surface area contributed by atoms with Gasteiger partial charge in [-0.3, -0.25) is 4.98 Å². The van der Waals surface area contributed by atoms with Gasteiger partial charge < -0.3 is 10.1 Å². The molecule has 0 atom stereocenters.